The summed E-state index contributed by atoms with van der Waals surface area (Å²) >= 11 is 1.37. The third-order valence-corrected chi connectivity index (χ3v) is 6.46. The lowest BCUT2D eigenvalue weighted by Crippen LogP contribution is -2.20. The second kappa shape index (κ2) is 12.8. The van der Waals surface area contributed by atoms with Gasteiger partial charge < -0.3 is 14.6 Å². The number of thioether (sulfide) groups is 1. The summed E-state index contributed by atoms with van der Waals surface area (Å²) in [5.41, 5.74) is 3.55. The summed E-state index contributed by atoms with van der Waals surface area (Å²) in [6.07, 6.45) is 1.24. The average molecular weight is 483 g/mol. The Bertz CT molecular complexity index is 1070. The fourth-order valence-corrected chi connectivity index (χ4v) is 4.39. The van der Waals surface area contributed by atoms with Crippen molar-refractivity contribution in [2.75, 3.05) is 12.9 Å². The zero-order valence-corrected chi connectivity index (χ0v) is 19.7. The van der Waals surface area contributed by atoms with Crippen LogP contribution >= 0.6 is 11.8 Å². The van der Waals surface area contributed by atoms with E-state index in [9.17, 15) is 19.1 Å². The minimum Gasteiger partial charge on any atom is -0.497 e. The van der Waals surface area contributed by atoms with Crippen LogP contribution in [0.3, 0.4) is 0 Å². The molecule has 178 valence electrons. The molecule has 0 fully saturated rings. The summed E-state index contributed by atoms with van der Waals surface area (Å²) in [7, 11) is 1.59. The molecular weight excluding hydrogens is 455 g/mol. The maximum Gasteiger partial charge on any atom is 0.316 e. The van der Waals surface area contributed by atoms with Crippen molar-refractivity contribution in [2.45, 2.75) is 31.1 Å². The van der Waals surface area contributed by atoms with E-state index in [1.165, 1.54) is 23.9 Å². The number of hydrogen-bond acceptors (Lipinski definition) is 5. The van der Waals surface area contributed by atoms with Crippen molar-refractivity contribution in [1.82, 2.24) is 0 Å². The molecule has 1 unspecified atom stereocenters. The number of carboxylic acids is 1. The quantitative estimate of drug-likeness (QED) is 0.363. The van der Waals surface area contributed by atoms with Crippen LogP contribution in [0.5, 0.6) is 5.75 Å². The molecule has 3 aromatic carbocycles. The Hall–Kier alpha value is -3.32. The highest BCUT2D eigenvalue weighted by Crippen LogP contribution is 2.20. The SMILES string of the molecule is COc1ccc(CC(=O)OCc2ccc(CC(SCCc3ccc(F)cc3)C(=O)O)cc2)cc1. The number of carboxylic acid groups (broad SMARTS) is 1. The number of rotatable bonds is 12. The predicted molar refractivity (Wildman–Crippen MR) is 131 cm³/mol. The molecule has 3 aromatic rings. The third kappa shape index (κ3) is 8.23. The predicted octanol–water partition coefficient (Wildman–Crippen LogP) is 5.09. The molecule has 0 radical (unpaired) electrons. The summed E-state index contributed by atoms with van der Waals surface area (Å²) in [6.45, 7) is 0.157. The van der Waals surface area contributed by atoms with Gasteiger partial charge in [-0.25, -0.2) is 4.39 Å². The number of aryl methyl sites for hydroxylation is 1. The van der Waals surface area contributed by atoms with Crippen molar-refractivity contribution >= 4 is 23.7 Å². The van der Waals surface area contributed by atoms with E-state index < -0.39 is 11.2 Å². The van der Waals surface area contributed by atoms with E-state index in [0.29, 0.717) is 18.6 Å². The summed E-state index contributed by atoms with van der Waals surface area (Å²) in [4.78, 5) is 23.8. The van der Waals surface area contributed by atoms with Gasteiger partial charge in [-0.15, -0.1) is 11.8 Å². The highest BCUT2D eigenvalue weighted by molar-refractivity contribution is 8.00. The molecule has 0 amide bonds. The van der Waals surface area contributed by atoms with Crippen molar-refractivity contribution in [2.24, 2.45) is 0 Å². The van der Waals surface area contributed by atoms with Crippen LogP contribution in [-0.4, -0.2) is 35.2 Å². The highest BCUT2D eigenvalue weighted by atomic mass is 32.2. The van der Waals surface area contributed by atoms with Crippen LogP contribution in [0.4, 0.5) is 4.39 Å². The molecular formula is C27H27FO5S. The summed E-state index contributed by atoms with van der Waals surface area (Å²) in [6, 6.07) is 20.9. The largest absolute Gasteiger partial charge is 0.497 e. The van der Waals surface area contributed by atoms with E-state index in [1.807, 2.05) is 36.4 Å². The van der Waals surface area contributed by atoms with Gasteiger partial charge in [0.25, 0.3) is 0 Å². The van der Waals surface area contributed by atoms with Crippen LogP contribution in [-0.2, 0) is 40.2 Å². The van der Waals surface area contributed by atoms with Gasteiger partial charge in [0.15, 0.2) is 0 Å². The number of methoxy groups -OCH3 is 1. The van der Waals surface area contributed by atoms with Gasteiger partial charge in [-0.3, -0.25) is 9.59 Å². The minimum atomic E-state index is -0.861. The van der Waals surface area contributed by atoms with Crippen LogP contribution in [0, 0.1) is 5.82 Å². The first-order valence-electron chi connectivity index (χ1n) is 10.9. The molecule has 1 N–H and O–H groups in total. The lowest BCUT2D eigenvalue weighted by molar-refractivity contribution is -0.144. The summed E-state index contributed by atoms with van der Waals surface area (Å²) in [5, 5.41) is 9.01. The average Bonchev–Trinajstić information content (AvgIpc) is 2.84. The number of ether oxygens (including phenoxy) is 2. The fraction of sp³-hybridized carbons (Fsp3) is 0.259. The Morgan fingerprint density at radius 2 is 1.47 bits per heavy atom. The van der Waals surface area contributed by atoms with Gasteiger partial charge in [0, 0.05) is 0 Å². The minimum absolute atomic E-state index is 0.157. The Balaban J connectivity index is 1.44. The lowest BCUT2D eigenvalue weighted by atomic mass is 10.1. The molecule has 7 heteroatoms. The molecule has 0 heterocycles. The first-order chi connectivity index (χ1) is 16.4. The molecule has 3 rings (SSSR count). The van der Waals surface area contributed by atoms with Crippen molar-refractivity contribution in [1.29, 1.82) is 0 Å². The Morgan fingerprint density at radius 1 is 0.882 bits per heavy atom. The molecule has 0 aliphatic heterocycles. The van der Waals surface area contributed by atoms with Gasteiger partial charge >= 0.3 is 11.9 Å². The maximum absolute atomic E-state index is 13.0. The topological polar surface area (TPSA) is 72.8 Å². The van der Waals surface area contributed by atoms with Gasteiger partial charge in [0.2, 0.25) is 0 Å². The van der Waals surface area contributed by atoms with Crippen molar-refractivity contribution < 1.29 is 28.6 Å². The number of carbonyl (C=O) groups excluding carboxylic acids is 1. The van der Waals surface area contributed by atoms with Gasteiger partial charge in [0.1, 0.15) is 23.4 Å². The van der Waals surface area contributed by atoms with Crippen LogP contribution < -0.4 is 4.74 Å². The second-order valence-corrected chi connectivity index (χ2v) is 9.09. The Labute approximate surface area is 202 Å². The number of carbonyl (C=O) groups is 2. The maximum atomic E-state index is 13.0. The standard InChI is InChI=1S/C27H27FO5S/c1-32-24-12-8-21(9-13-24)17-26(29)33-18-22-4-2-20(3-5-22)16-25(27(30)31)34-15-14-19-6-10-23(28)11-7-19/h2-13,25H,14-18H2,1H3,(H,30,31). The monoisotopic (exact) mass is 482 g/mol. The van der Waals surface area contributed by atoms with E-state index in [1.54, 1.807) is 31.4 Å². The van der Waals surface area contributed by atoms with Crippen LogP contribution in [0.1, 0.15) is 22.3 Å². The molecule has 5 nitrogen and oxygen atoms in total. The highest BCUT2D eigenvalue weighted by Gasteiger charge is 2.18. The number of benzene rings is 3. The number of hydrogen-bond donors (Lipinski definition) is 1. The second-order valence-electron chi connectivity index (χ2n) is 7.78. The van der Waals surface area contributed by atoms with E-state index in [0.717, 1.165) is 28.0 Å². The molecule has 34 heavy (non-hydrogen) atoms. The third-order valence-electron chi connectivity index (χ3n) is 5.25. The smallest absolute Gasteiger partial charge is 0.316 e. The molecule has 0 aromatic heterocycles. The van der Waals surface area contributed by atoms with Crippen LogP contribution in [0.15, 0.2) is 72.8 Å². The first-order valence-corrected chi connectivity index (χ1v) is 11.9. The molecule has 1 atom stereocenters. The first kappa shape index (κ1) is 25.3. The Morgan fingerprint density at radius 3 is 2.09 bits per heavy atom. The Kier molecular flexibility index (Phi) is 9.52. The van der Waals surface area contributed by atoms with Crippen LogP contribution in [0.25, 0.3) is 0 Å². The van der Waals surface area contributed by atoms with E-state index in [4.69, 9.17) is 9.47 Å². The van der Waals surface area contributed by atoms with Crippen molar-refractivity contribution in [3.8, 4) is 5.75 Å². The molecule has 0 bridgehead atoms. The number of aliphatic carboxylic acids is 1. The zero-order chi connectivity index (χ0) is 24.3. The van der Waals surface area contributed by atoms with Crippen molar-refractivity contribution in [3.63, 3.8) is 0 Å². The zero-order valence-electron chi connectivity index (χ0n) is 18.9. The summed E-state index contributed by atoms with van der Waals surface area (Å²) in [5.74, 6) is -0.104. The van der Waals surface area contributed by atoms with E-state index in [-0.39, 0.29) is 24.8 Å². The molecule has 0 spiro atoms. The van der Waals surface area contributed by atoms with Gasteiger partial charge in [-0.2, -0.15) is 0 Å². The summed E-state index contributed by atoms with van der Waals surface area (Å²) < 4.78 is 23.5. The van der Waals surface area contributed by atoms with Gasteiger partial charge in [0.05, 0.1) is 13.5 Å². The number of esters is 1. The molecule has 0 aliphatic rings. The fourth-order valence-electron chi connectivity index (χ4n) is 3.30. The van der Waals surface area contributed by atoms with E-state index >= 15 is 0 Å². The normalized spacial score (nSPS) is 11.6. The van der Waals surface area contributed by atoms with Crippen molar-refractivity contribution in [3.05, 3.63) is 101 Å². The molecule has 0 aliphatic carbocycles. The lowest BCUT2D eigenvalue weighted by Gasteiger charge is -2.13. The van der Waals surface area contributed by atoms with E-state index in [2.05, 4.69) is 0 Å². The van der Waals surface area contributed by atoms with Gasteiger partial charge in [-0.1, -0.05) is 48.5 Å². The van der Waals surface area contributed by atoms with Crippen LogP contribution in [0.2, 0.25) is 0 Å². The number of halogens is 1. The van der Waals surface area contributed by atoms with Gasteiger partial charge in [-0.05, 0) is 65.1 Å². The molecule has 0 saturated carbocycles. The molecule has 0 saturated heterocycles.